The van der Waals surface area contributed by atoms with Gasteiger partial charge in [0.05, 0.1) is 12.7 Å². The van der Waals surface area contributed by atoms with Gasteiger partial charge in [-0.15, -0.1) is 6.58 Å². The molecule has 0 N–H and O–H groups in total. The van der Waals surface area contributed by atoms with Crippen molar-refractivity contribution >= 4 is 0 Å². The molecular formula is C18H24O5. The number of hydrogen-bond donors (Lipinski definition) is 0. The maximum Gasteiger partial charge on any atom is 0.184 e. The lowest BCUT2D eigenvalue weighted by Crippen LogP contribution is -2.62. The van der Waals surface area contributed by atoms with E-state index in [4.69, 9.17) is 23.7 Å². The molecule has 0 bridgehead atoms. The number of rotatable bonds is 5. The van der Waals surface area contributed by atoms with Crippen LogP contribution in [-0.4, -0.2) is 51.3 Å². The molecule has 23 heavy (non-hydrogen) atoms. The predicted octanol–water partition coefficient (Wildman–Crippen LogP) is 2.47. The van der Waals surface area contributed by atoms with Crippen LogP contribution >= 0.6 is 0 Å². The summed E-state index contributed by atoms with van der Waals surface area (Å²) in [4.78, 5) is 0. The van der Waals surface area contributed by atoms with Gasteiger partial charge in [0.25, 0.3) is 0 Å². The first kappa shape index (κ1) is 16.6. The van der Waals surface area contributed by atoms with Gasteiger partial charge < -0.3 is 23.7 Å². The second-order valence-corrected chi connectivity index (χ2v) is 5.81. The summed E-state index contributed by atoms with van der Waals surface area (Å²) in [5.41, 5.74) is 0.989. The molecule has 0 saturated carbocycles. The van der Waals surface area contributed by atoms with Gasteiger partial charge in [0.1, 0.15) is 24.4 Å². The van der Waals surface area contributed by atoms with Gasteiger partial charge in [0, 0.05) is 19.8 Å². The van der Waals surface area contributed by atoms with E-state index >= 15 is 0 Å². The Labute approximate surface area is 137 Å². The van der Waals surface area contributed by atoms with Crippen LogP contribution in [0.1, 0.15) is 18.3 Å². The molecule has 0 amide bonds. The minimum absolute atomic E-state index is 0.107. The number of benzene rings is 1. The van der Waals surface area contributed by atoms with Crippen molar-refractivity contribution in [1.82, 2.24) is 0 Å². The number of ether oxygens (including phenoxy) is 5. The fourth-order valence-corrected chi connectivity index (χ4v) is 3.35. The second-order valence-electron chi connectivity index (χ2n) is 5.81. The summed E-state index contributed by atoms with van der Waals surface area (Å²) in [7, 11) is 3.35. The number of methoxy groups -OCH3 is 2. The van der Waals surface area contributed by atoms with Gasteiger partial charge in [-0.25, -0.2) is 0 Å². The smallest absolute Gasteiger partial charge is 0.184 e. The molecule has 126 valence electrons. The standard InChI is InChI=1S/C18H24O5/c1-4-8-13-15(19-2)17(20-3)16-14(22-13)11-21-18(23-16)12-9-6-5-7-10-12/h4-7,9-10,13-18H,1,8,11H2,2-3H3/t13-,14+,15-,16+,17+,18?/m0/s1. The van der Waals surface area contributed by atoms with Crippen molar-refractivity contribution in [1.29, 1.82) is 0 Å². The third kappa shape index (κ3) is 3.34. The maximum absolute atomic E-state index is 6.16. The summed E-state index contributed by atoms with van der Waals surface area (Å²) in [6.07, 6.45) is 1.20. The van der Waals surface area contributed by atoms with Crippen LogP contribution in [0.15, 0.2) is 43.0 Å². The van der Waals surface area contributed by atoms with Crippen LogP contribution in [0.25, 0.3) is 0 Å². The molecule has 0 aromatic heterocycles. The van der Waals surface area contributed by atoms with E-state index in [-0.39, 0.29) is 30.5 Å². The minimum atomic E-state index is -0.410. The van der Waals surface area contributed by atoms with E-state index in [0.29, 0.717) is 13.0 Å². The molecular weight excluding hydrogens is 296 g/mol. The Morgan fingerprint density at radius 2 is 1.87 bits per heavy atom. The second kappa shape index (κ2) is 7.55. The van der Waals surface area contributed by atoms with Crippen molar-refractivity contribution in [2.75, 3.05) is 20.8 Å². The average molecular weight is 320 g/mol. The first-order chi connectivity index (χ1) is 11.3. The third-order valence-corrected chi connectivity index (χ3v) is 4.44. The van der Waals surface area contributed by atoms with Crippen LogP contribution in [0.5, 0.6) is 0 Å². The zero-order valence-corrected chi connectivity index (χ0v) is 13.6. The van der Waals surface area contributed by atoms with Gasteiger partial charge in [0.2, 0.25) is 0 Å². The molecule has 2 aliphatic rings. The molecule has 2 heterocycles. The largest absolute Gasteiger partial charge is 0.376 e. The molecule has 6 atom stereocenters. The number of hydrogen-bond acceptors (Lipinski definition) is 5. The molecule has 0 aliphatic carbocycles. The molecule has 1 aromatic carbocycles. The molecule has 0 radical (unpaired) electrons. The zero-order chi connectivity index (χ0) is 16.2. The predicted molar refractivity (Wildman–Crippen MR) is 85.1 cm³/mol. The first-order valence-corrected chi connectivity index (χ1v) is 7.92. The van der Waals surface area contributed by atoms with Crippen molar-refractivity contribution in [2.24, 2.45) is 0 Å². The summed E-state index contributed by atoms with van der Waals surface area (Å²) in [6, 6.07) is 9.89. The van der Waals surface area contributed by atoms with E-state index in [1.54, 1.807) is 14.2 Å². The van der Waals surface area contributed by atoms with Crippen molar-refractivity contribution < 1.29 is 23.7 Å². The topological polar surface area (TPSA) is 46.2 Å². The summed E-state index contributed by atoms with van der Waals surface area (Å²) in [6.45, 7) is 4.26. The molecule has 5 nitrogen and oxygen atoms in total. The van der Waals surface area contributed by atoms with Gasteiger partial charge in [-0.2, -0.15) is 0 Å². The Hall–Kier alpha value is -1.24. The van der Waals surface area contributed by atoms with Crippen molar-refractivity contribution in [3.63, 3.8) is 0 Å². The van der Waals surface area contributed by atoms with E-state index < -0.39 is 6.29 Å². The molecule has 2 saturated heterocycles. The van der Waals surface area contributed by atoms with E-state index in [9.17, 15) is 0 Å². The Morgan fingerprint density at radius 1 is 1.13 bits per heavy atom. The van der Waals surface area contributed by atoms with Gasteiger partial charge in [-0.3, -0.25) is 0 Å². The summed E-state index contributed by atoms with van der Waals surface area (Å²) in [5.74, 6) is 0. The molecule has 1 aromatic rings. The summed E-state index contributed by atoms with van der Waals surface area (Å²) >= 11 is 0. The average Bonchev–Trinajstić information content (AvgIpc) is 2.61. The lowest BCUT2D eigenvalue weighted by atomic mass is 9.92. The van der Waals surface area contributed by atoms with Crippen LogP contribution in [-0.2, 0) is 23.7 Å². The molecule has 0 spiro atoms. The van der Waals surface area contributed by atoms with E-state index in [0.717, 1.165) is 5.56 Å². The highest BCUT2D eigenvalue weighted by Gasteiger charge is 2.50. The fraction of sp³-hybridized carbons (Fsp3) is 0.556. The zero-order valence-electron chi connectivity index (χ0n) is 13.6. The van der Waals surface area contributed by atoms with Crippen molar-refractivity contribution in [2.45, 2.75) is 43.2 Å². The van der Waals surface area contributed by atoms with Crippen molar-refractivity contribution in [3.8, 4) is 0 Å². The lowest BCUT2D eigenvalue weighted by molar-refractivity contribution is -0.332. The quantitative estimate of drug-likeness (QED) is 0.780. The van der Waals surface area contributed by atoms with E-state index in [1.807, 2.05) is 36.4 Å². The summed E-state index contributed by atoms with van der Waals surface area (Å²) in [5, 5.41) is 0. The Morgan fingerprint density at radius 3 is 2.52 bits per heavy atom. The molecule has 2 fully saturated rings. The molecule has 3 rings (SSSR count). The fourth-order valence-electron chi connectivity index (χ4n) is 3.35. The highest BCUT2D eigenvalue weighted by Crippen LogP contribution is 2.36. The monoisotopic (exact) mass is 320 g/mol. The third-order valence-electron chi connectivity index (χ3n) is 4.44. The Kier molecular flexibility index (Phi) is 5.46. The van der Waals surface area contributed by atoms with Gasteiger partial charge in [-0.05, 0) is 6.42 Å². The first-order valence-electron chi connectivity index (χ1n) is 7.92. The SMILES string of the molecule is C=CC[C@@H]1O[C@@H]2COC(c3ccccc3)O[C@H]2[C@H](OC)[C@H]1OC. The van der Waals surface area contributed by atoms with Crippen LogP contribution in [0.2, 0.25) is 0 Å². The van der Waals surface area contributed by atoms with Gasteiger partial charge in [0.15, 0.2) is 6.29 Å². The van der Waals surface area contributed by atoms with Crippen LogP contribution in [0, 0.1) is 0 Å². The van der Waals surface area contributed by atoms with Gasteiger partial charge in [-0.1, -0.05) is 36.4 Å². The van der Waals surface area contributed by atoms with Crippen LogP contribution in [0.4, 0.5) is 0 Å². The summed E-state index contributed by atoms with van der Waals surface area (Å²) < 4.78 is 29.5. The Bertz CT molecular complexity index is 505. The maximum atomic E-state index is 6.16. The molecule has 1 unspecified atom stereocenters. The van der Waals surface area contributed by atoms with Crippen molar-refractivity contribution in [3.05, 3.63) is 48.6 Å². The van der Waals surface area contributed by atoms with Crippen LogP contribution < -0.4 is 0 Å². The normalized spacial score (nSPS) is 37.1. The van der Waals surface area contributed by atoms with Gasteiger partial charge >= 0.3 is 0 Å². The molecule has 5 heteroatoms. The Balaban J connectivity index is 1.78. The minimum Gasteiger partial charge on any atom is -0.376 e. The van der Waals surface area contributed by atoms with Crippen LogP contribution in [0.3, 0.4) is 0 Å². The molecule has 2 aliphatic heterocycles. The van der Waals surface area contributed by atoms with E-state index in [2.05, 4.69) is 6.58 Å². The highest BCUT2D eigenvalue weighted by atomic mass is 16.7. The number of fused-ring (bicyclic) bond motifs is 1. The lowest BCUT2D eigenvalue weighted by Gasteiger charge is -2.48. The highest BCUT2D eigenvalue weighted by molar-refractivity contribution is 5.16. The van der Waals surface area contributed by atoms with E-state index in [1.165, 1.54) is 0 Å².